The molecule has 0 N–H and O–H groups in total. The molecule has 6 heteroatoms. The molecular formula is C30H32Cl2S2SiZr. The summed E-state index contributed by atoms with van der Waals surface area (Å²) in [5.74, 6) is 0. The van der Waals surface area contributed by atoms with Crippen LogP contribution in [0.3, 0.4) is 0 Å². The molecule has 2 aromatic heterocycles. The molecule has 0 fully saturated rings. The van der Waals surface area contributed by atoms with E-state index in [9.17, 15) is 0 Å². The fourth-order valence-electron chi connectivity index (χ4n) is 7.08. The van der Waals surface area contributed by atoms with Crippen LogP contribution >= 0.6 is 47.5 Å². The van der Waals surface area contributed by atoms with Gasteiger partial charge >= 0.3 is 215 Å². The van der Waals surface area contributed by atoms with E-state index in [1.165, 1.54) is 32.0 Å². The topological polar surface area (TPSA) is 0 Å². The standard InChI is InChI=1S/2C14H11S.2CH3.2ClH.H2Si.Zr/c2*1-10-8-11-4-2-5-12(13(11)9-10)14-6-3-7-15-14;;;;;;/h2*2-9H,1H3;2*1H3;2*1H;1H2;. The van der Waals surface area contributed by atoms with E-state index in [2.05, 4.69) is 114 Å². The summed E-state index contributed by atoms with van der Waals surface area (Å²) in [6, 6.07) is 22.9. The number of halogens is 2. The SMILES string of the molecule is CC1=Cc2c(-c3cccs3)cccc2[CH]1[Zr]([CH3])([CH3])(=[SiH2])[CH]1C(C)=Cc2c(-c3cccs3)cccc21.Cl.Cl. The molecule has 2 aliphatic carbocycles. The number of benzene rings is 2. The normalized spacial score (nSPS) is 18.5. The molecule has 2 aromatic carbocycles. The van der Waals surface area contributed by atoms with E-state index in [1.807, 2.05) is 22.7 Å². The Labute approximate surface area is 237 Å². The first-order valence-corrected chi connectivity index (χ1v) is 27.5. The Morgan fingerprint density at radius 1 is 0.639 bits per heavy atom. The van der Waals surface area contributed by atoms with Crippen molar-refractivity contribution in [2.24, 2.45) is 0 Å². The zero-order valence-corrected chi connectivity index (χ0v) is 28.2. The summed E-state index contributed by atoms with van der Waals surface area (Å²) in [7, 11) is 0. The second-order valence-electron chi connectivity index (χ2n) is 11.2. The fourth-order valence-corrected chi connectivity index (χ4v) is 29.9. The van der Waals surface area contributed by atoms with Crippen LogP contribution in [0.25, 0.3) is 33.0 Å². The first-order chi connectivity index (χ1) is 16.2. The van der Waals surface area contributed by atoms with Gasteiger partial charge in [0, 0.05) is 0 Å². The van der Waals surface area contributed by atoms with Gasteiger partial charge in [0.05, 0.1) is 0 Å². The molecule has 0 spiro atoms. The minimum atomic E-state index is -3.43. The summed E-state index contributed by atoms with van der Waals surface area (Å²) in [5.41, 5.74) is 12.0. The second kappa shape index (κ2) is 9.95. The maximum absolute atomic E-state index is 3.43. The third kappa shape index (κ3) is 4.27. The van der Waals surface area contributed by atoms with Crippen LogP contribution in [0.1, 0.15) is 43.4 Å². The van der Waals surface area contributed by atoms with Gasteiger partial charge in [-0.15, -0.1) is 24.8 Å². The Morgan fingerprint density at radius 2 is 1.06 bits per heavy atom. The van der Waals surface area contributed by atoms with Gasteiger partial charge in [0.2, 0.25) is 0 Å². The van der Waals surface area contributed by atoms with Gasteiger partial charge in [-0.1, -0.05) is 0 Å². The van der Waals surface area contributed by atoms with Crippen LogP contribution < -0.4 is 0 Å². The molecule has 0 aliphatic heterocycles. The molecule has 0 amide bonds. The Morgan fingerprint density at radius 3 is 1.42 bits per heavy atom. The zero-order valence-electron chi connectivity index (χ0n) is 21.1. The summed E-state index contributed by atoms with van der Waals surface area (Å²) >= 11 is 0.266. The molecule has 4 aromatic rings. The molecule has 2 aliphatic rings. The Hall–Kier alpha value is -1.000. The van der Waals surface area contributed by atoms with Gasteiger partial charge in [-0.05, 0) is 0 Å². The van der Waals surface area contributed by atoms with E-state index in [-0.39, 0.29) is 24.8 Å². The largest absolute Gasteiger partial charge is 0.147 e. The molecule has 0 nitrogen and oxygen atoms in total. The molecule has 0 bridgehead atoms. The van der Waals surface area contributed by atoms with Gasteiger partial charge in [0.15, 0.2) is 0 Å². The van der Waals surface area contributed by atoms with E-state index < -0.39 is 17.4 Å². The summed E-state index contributed by atoms with van der Waals surface area (Å²) in [6.07, 6.45) is 5.03. The number of fused-ring (bicyclic) bond motifs is 2. The molecule has 0 saturated carbocycles. The molecule has 186 valence electrons. The average Bonchev–Trinajstić information content (AvgIpc) is 3.56. The van der Waals surface area contributed by atoms with Crippen LogP contribution in [0.5, 0.6) is 0 Å². The van der Waals surface area contributed by atoms with Crippen molar-refractivity contribution in [2.45, 2.75) is 30.4 Å². The van der Waals surface area contributed by atoms with Gasteiger partial charge in [-0.3, -0.25) is 0 Å². The van der Waals surface area contributed by atoms with Gasteiger partial charge in [-0.25, -0.2) is 0 Å². The molecule has 2 atom stereocenters. The van der Waals surface area contributed by atoms with Crippen molar-refractivity contribution in [3.63, 3.8) is 0 Å². The molecular weight excluding hydrogens is 615 g/mol. The molecule has 0 radical (unpaired) electrons. The van der Waals surface area contributed by atoms with Crippen molar-refractivity contribution in [1.82, 2.24) is 0 Å². The molecule has 2 unspecified atom stereocenters. The van der Waals surface area contributed by atoms with Crippen LogP contribution in [0.4, 0.5) is 0 Å². The van der Waals surface area contributed by atoms with Gasteiger partial charge in [0.1, 0.15) is 0 Å². The smallest absolute Gasteiger partial charge is 0.147 e. The summed E-state index contributed by atoms with van der Waals surface area (Å²) < 4.78 is 6.59. The Balaban J connectivity index is 0.00000152. The summed E-state index contributed by atoms with van der Waals surface area (Å²) in [5, 5.41) is 4.39. The quantitative estimate of drug-likeness (QED) is 0.194. The maximum Gasteiger partial charge on any atom is -0.147 e. The third-order valence-electron chi connectivity index (χ3n) is 8.03. The molecule has 0 saturated heterocycles. The van der Waals surface area contributed by atoms with E-state index in [4.69, 9.17) is 0 Å². The molecule has 6 rings (SSSR count). The number of hydrogen-bond acceptors (Lipinski definition) is 2. The monoisotopic (exact) mass is 644 g/mol. The molecule has 2 heterocycles. The van der Waals surface area contributed by atoms with E-state index in [1.54, 1.807) is 22.3 Å². The van der Waals surface area contributed by atoms with E-state index in [0.29, 0.717) is 7.25 Å². The second-order valence-corrected chi connectivity index (χ2v) is 43.5. The Bertz CT molecular complexity index is 1440. The van der Waals surface area contributed by atoms with Crippen LogP contribution in [0, 0.1) is 0 Å². The minimum absolute atomic E-state index is 0. The number of thiophene rings is 2. The number of hydrogen-bond donors (Lipinski definition) is 0. The van der Waals surface area contributed by atoms with Crippen molar-refractivity contribution >= 4 is 66.5 Å². The fraction of sp³-hybridized carbons (Fsp3) is 0.200. The van der Waals surface area contributed by atoms with Gasteiger partial charge in [-0.2, -0.15) is 0 Å². The van der Waals surface area contributed by atoms with Crippen LogP contribution in [0.2, 0.25) is 9.26 Å². The van der Waals surface area contributed by atoms with Gasteiger partial charge in [0.25, 0.3) is 0 Å². The summed E-state index contributed by atoms with van der Waals surface area (Å²) in [4.78, 5) is 2.76. The summed E-state index contributed by atoms with van der Waals surface area (Å²) in [6.45, 7) is 7.22. The zero-order chi connectivity index (χ0) is 23.7. The molecule has 36 heavy (non-hydrogen) atoms. The van der Waals surface area contributed by atoms with Crippen molar-refractivity contribution < 1.29 is 17.4 Å². The third-order valence-corrected chi connectivity index (χ3v) is 27.8. The number of rotatable bonds is 4. The minimum Gasteiger partial charge on any atom is -0.147 e. The average molecular weight is 647 g/mol. The van der Waals surface area contributed by atoms with Crippen LogP contribution in [-0.4, -0.2) is 6.88 Å². The van der Waals surface area contributed by atoms with Crippen molar-refractivity contribution in [3.05, 3.63) is 105 Å². The Kier molecular flexibility index (Phi) is 7.74. The van der Waals surface area contributed by atoms with Crippen LogP contribution in [-0.2, 0) is 17.4 Å². The maximum atomic E-state index is 2.73. The van der Waals surface area contributed by atoms with Crippen LogP contribution in [0.15, 0.2) is 82.6 Å². The predicted octanol–water partition coefficient (Wildman–Crippen LogP) is 9.94. The predicted molar refractivity (Wildman–Crippen MR) is 167 cm³/mol. The first-order valence-electron chi connectivity index (χ1n) is 12.0. The van der Waals surface area contributed by atoms with E-state index >= 15 is 0 Å². The first kappa shape index (κ1) is 28.0. The van der Waals surface area contributed by atoms with E-state index in [0.717, 1.165) is 0 Å². The van der Waals surface area contributed by atoms with Crippen molar-refractivity contribution in [2.75, 3.05) is 0 Å². The van der Waals surface area contributed by atoms with Crippen molar-refractivity contribution in [1.29, 1.82) is 0 Å². The van der Waals surface area contributed by atoms with Crippen molar-refractivity contribution in [3.8, 4) is 20.9 Å². The number of allylic oxidation sites excluding steroid dienone is 2. The van der Waals surface area contributed by atoms with Gasteiger partial charge < -0.3 is 0 Å².